The van der Waals surface area contributed by atoms with E-state index in [9.17, 15) is 9.59 Å². The van der Waals surface area contributed by atoms with E-state index >= 15 is 0 Å². The molecule has 6 nitrogen and oxygen atoms in total. The Morgan fingerprint density at radius 1 is 1.16 bits per heavy atom. The minimum atomic E-state index is -0.0223. The van der Waals surface area contributed by atoms with Crippen molar-refractivity contribution in [3.63, 3.8) is 0 Å². The average Bonchev–Trinajstić information content (AvgIpc) is 2.62. The highest BCUT2D eigenvalue weighted by Gasteiger charge is 2.36. The van der Waals surface area contributed by atoms with E-state index in [1.54, 1.807) is 12.3 Å². The highest BCUT2D eigenvalue weighted by molar-refractivity contribution is 5.92. The monoisotopic (exact) mass is 344 g/mol. The summed E-state index contributed by atoms with van der Waals surface area (Å²) in [5, 5.41) is 0. The first-order valence-electron chi connectivity index (χ1n) is 9.24. The lowest BCUT2D eigenvalue weighted by Crippen LogP contribution is -2.59. The highest BCUT2D eigenvalue weighted by atomic mass is 16.2. The Labute approximate surface area is 149 Å². The number of pyridine rings is 1. The lowest BCUT2D eigenvalue weighted by atomic mass is 10.0. The molecular formula is C19H28N4O2. The summed E-state index contributed by atoms with van der Waals surface area (Å²) in [6.45, 7) is 9.78. The summed E-state index contributed by atoms with van der Waals surface area (Å²) in [5.74, 6) is 0.236. The van der Waals surface area contributed by atoms with Gasteiger partial charge >= 0.3 is 0 Å². The van der Waals surface area contributed by atoms with Gasteiger partial charge in [-0.3, -0.25) is 19.5 Å². The van der Waals surface area contributed by atoms with Crippen molar-refractivity contribution in [2.45, 2.75) is 45.7 Å². The van der Waals surface area contributed by atoms with Gasteiger partial charge in [0, 0.05) is 45.0 Å². The number of piperidine rings is 1. The number of hydrogen-bond acceptors (Lipinski definition) is 4. The predicted octanol–water partition coefficient (Wildman–Crippen LogP) is 1.55. The van der Waals surface area contributed by atoms with E-state index in [-0.39, 0.29) is 23.9 Å². The Hall–Kier alpha value is -1.95. The van der Waals surface area contributed by atoms with Crippen molar-refractivity contribution in [1.82, 2.24) is 19.7 Å². The Morgan fingerprint density at radius 3 is 2.48 bits per heavy atom. The molecule has 0 N–H and O–H groups in total. The third kappa shape index (κ3) is 3.84. The second-order valence-corrected chi connectivity index (χ2v) is 7.33. The van der Waals surface area contributed by atoms with Crippen LogP contribution in [0.4, 0.5) is 0 Å². The molecule has 0 aliphatic carbocycles. The van der Waals surface area contributed by atoms with Crippen molar-refractivity contribution < 1.29 is 9.59 Å². The molecule has 0 bridgehead atoms. The molecule has 0 saturated carbocycles. The van der Waals surface area contributed by atoms with Gasteiger partial charge < -0.3 is 9.80 Å². The van der Waals surface area contributed by atoms with Gasteiger partial charge in [0.1, 0.15) is 5.69 Å². The van der Waals surface area contributed by atoms with E-state index in [1.165, 1.54) is 0 Å². The summed E-state index contributed by atoms with van der Waals surface area (Å²) in [6, 6.07) is 3.93. The lowest BCUT2D eigenvalue weighted by molar-refractivity contribution is -0.142. The van der Waals surface area contributed by atoms with Gasteiger partial charge in [-0.15, -0.1) is 0 Å². The van der Waals surface area contributed by atoms with Crippen LogP contribution in [0.3, 0.4) is 0 Å². The summed E-state index contributed by atoms with van der Waals surface area (Å²) in [7, 11) is 0. The molecule has 2 fully saturated rings. The zero-order valence-corrected chi connectivity index (χ0v) is 15.4. The number of carbonyl (C=O) groups excluding carboxylic acids is 2. The van der Waals surface area contributed by atoms with Gasteiger partial charge in [-0.25, -0.2) is 0 Å². The molecule has 0 aromatic carbocycles. The number of aromatic nitrogens is 1. The molecule has 1 unspecified atom stereocenters. The molecule has 6 heteroatoms. The summed E-state index contributed by atoms with van der Waals surface area (Å²) >= 11 is 0. The largest absolute Gasteiger partial charge is 0.339 e. The van der Waals surface area contributed by atoms with Crippen LogP contribution in [-0.4, -0.2) is 76.3 Å². The maximum atomic E-state index is 12.7. The molecule has 3 rings (SSSR count). The highest BCUT2D eigenvalue weighted by Crippen LogP contribution is 2.21. The van der Waals surface area contributed by atoms with Crippen LogP contribution < -0.4 is 0 Å². The third-order valence-corrected chi connectivity index (χ3v) is 5.24. The van der Waals surface area contributed by atoms with E-state index in [4.69, 9.17) is 0 Å². The number of nitrogens with zero attached hydrogens (tertiary/aromatic N) is 4. The zero-order chi connectivity index (χ0) is 18.0. The van der Waals surface area contributed by atoms with Crippen LogP contribution in [0, 0.1) is 6.92 Å². The van der Waals surface area contributed by atoms with Crippen LogP contribution in [0.15, 0.2) is 18.3 Å². The van der Waals surface area contributed by atoms with Crippen LogP contribution in [0.1, 0.15) is 42.7 Å². The maximum absolute atomic E-state index is 12.7. The number of piperazine rings is 1. The molecule has 1 aromatic heterocycles. The quantitative estimate of drug-likeness (QED) is 0.835. The normalized spacial score (nSPS) is 22.6. The number of aryl methyl sites for hydroxylation is 1. The van der Waals surface area contributed by atoms with E-state index in [2.05, 4.69) is 23.7 Å². The van der Waals surface area contributed by atoms with Crippen molar-refractivity contribution in [2.24, 2.45) is 0 Å². The summed E-state index contributed by atoms with van der Waals surface area (Å²) in [4.78, 5) is 35.6. The molecule has 0 radical (unpaired) electrons. The molecule has 0 spiro atoms. The Bertz CT molecular complexity index is 621. The molecular weight excluding hydrogens is 316 g/mol. The Balaban J connectivity index is 1.59. The summed E-state index contributed by atoms with van der Waals surface area (Å²) in [5.41, 5.74) is 1.55. The van der Waals surface area contributed by atoms with Gasteiger partial charge in [0.05, 0.1) is 6.04 Å². The molecule has 136 valence electrons. The van der Waals surface area contributed by atoms with Crippen molar-refractivity contribution >= 4 is 11.8 Å². The smallest absolute Gasteiger partial charge is 0.272 e. The fourth-order valence-electron chi connectivity index (χ4n) is 3.72. The van der Waals surface area contributed by atoms with Gasteiger partial charge in [-0.05, 0) is 45.2 Å². The number of rotatable bonds is 3. The molecule has 2 aliphatic heterocycles. The van der Waals surface area contributed by atoms with Crippen LogP contribution in [-0.2, 0) is 4.79 Å². The van der Waals surface area contributed by atoms with Gasteiger partial charge in [0.15, 0.2) is 0 Å². The Morgan fingerprint density at radius 2 is 1.88 bits per heavy atom. The number of carbonyl (C=O) groups is 2. The van der Waals surface area contributed by atoms with Crippen LogP contribution in [0.5, 0.6) is 0 Å². The van der Waals surface area contributed by atoms with Crippen molar-refractivity contribution in [2.75, 3.05) is 32.7 Å². The van der Waals surface area contributed by atoms with Gasteiger partial charge in [-0.1, -0.05) is 6.07 Å². The molecule has 1 atom stereocenters. The second kappa shape index (κ2) is 7.52. The minimum absolute atomic E-state index is 0.0153. The first-order chi connectivity index (χ1) is 12.0. The first-order valence-corrected chi connectivity index (χ1v) is 9.24. The van der Waals surface area contributed by atoms with Gasteiger partial charge in [0.2, 0.25) is 5.91 Å². The van der Waals surface area contributed by atoms with E-state index < -0.39 is 0 Å². The average molecular weight is 344 g/mol. The fraction of sp³-hybridized carbons (Fsp3) is 0.632. The van der Waals surface area contributed by atoms with Crippen molar-refractivity contribution in [1.29, 1.82) is 0 Å². The number of hydrogen-bond donors (Lipinski definition) is 0. The number of amides is 2. The standard InChI is InChI=1S/C19H28N4O2/c1-14(2)23-8-4-5-17(19(23)25)21-9-11-22(12-10-21)18(24)16-7-6-15(3)13-20-16/h6-7,13-14,17H,4-5,8-12H2,1-3H3. The van der Waals surface area contributed by atoms with Crippen LogP contribution in [0.2, 0.25) is 0 Å². The van der Waals surface area contributed by atoms with Gasteiger partial charge in [-0.2, -0.15) is 0 Å². The second-order valence-electron chi connectivity index (χ2n) is 7.33. The van der Waals surface area contributed by atoms with Gasteiger partial charge in [0.25, 0.3) is 5.91 Å². The third-order valence-electron chi connectivity index (χ3n) is 5.24. The van der Waals surface area contributed by atoms with E-state index in [0.29, 0.717) is 18.8 Å². The molecule has 2 saturated heterocycles. The zero-order valence-electron chi connectivity index (χ0n) is 15.4. The first kappa shape index (κ1) is 17.9. The van der Waals surface area contributed by atoms with Crippen molar-refractivity contribution in [3.8, 4) is 0 Å². The topological polar surface area (TPSA) is 56.8 Å². The maximum Gasteiger partial charge on any atom is 0.272 e. The number of likely N-dealkylation sites (tertiary alicyclic amines) is 1. The van der Waals surface area contributed by atoms with E-state index in [1.807, 2.05) is 22.8 Å². The molecule has 2 amide bonds. The molecule has 3 heterocycles. The van der Waals surface area contributed by atoms with E-state index in [0.717, 1.165) is 38.0 Å². The van der Waals surface area contributed by atoms with Crippen LogP contribution >= 0.6 is 0 Å². The molecule has 2 aliphatic rings. The molecule has 1 aromatic rings. The summed E-state index contributed by atoms with van der Waals surface area (Å²) < 4.78 is 0. The minimum Gasteiger partial charge on any atom is -0.339 e. The Kier molecular flexibility index (Phi) is 5.37. The molecule has 25 heavy (non-hydrogen) atoms. The lowest BCUT2D eigenvalue weighted by Gasteiger charge is -2.43. The summed E-state index contributed by atoms with van der Waals surface area (Å²) in [6.07, 6.45) is 3.71. The SMILES string of the molecule is Cc1ccc(C(=O)N2CCN(C3CCCN(C(C)C)C3=O)CC2)nc1. The fourth-order valence-corrected chi connectivity index (χ4v) is 3.72. The predicted molar refractivity (Wildman–Crippen MR) is 96.3 cm³/mol. The van der Waals surface area contributed by atoms with Crippen LogP contribution in [0.25, 0.3) is 0 Å². The van der Waals surface area contributed by atoms with Crippen molar-refractivity contribution in [3.05, 3.63) is 29.6 Å².